The molecule has 4 nitrogen and oxygen atoms in total. The molecule has 0 atom stereocenters. The summed E-state index contributed by atoms with van der Waals surface area (Å²) >= 11 is 0. The van der Waals surface area contributed by atoms with Crippen LogP contribution in [0, 0.1) is 0 Å². The lowest BCUT2D eigenvalue weighted by Crippen LogP contribution is -2.02. The summed E-state index contributed by atoms with van der Waals surface area (Å²) in [7, 11) is 0. The number of fused-ring (bicyclic) bond motifs is 3. The van der Waals surface area contributed by atoms with Gasteiger partial charge in [-0.25, -0.2) is 15.0 Å². The highest BCUT2D eigenvalue weighted by Gasteiger charge is 2.21. The van der Waals surface area contributed by atoms with E-state index in [4.69, 9.17) is 19.1 Å². The molecule has 0 unspecified atom stereocenters. The van der Waals surface area contributed by atoms with Gasteiger partial charge >= 0.3 is 0 Å². The van der Waals surface area contributed by atoms with Crippen molar-refractivity contribution in [3.8, 4) is 73.2 Å². The van der Waals surface area contributed by atoms with E-state index in [1.165, 1.54) is 0 Å². The van der Waals surface area contributed by atoms with Gasteiger partial charge in [0.25, 0.3) is 0 Å². The first-order valence-electron chi connectivity index (χ1n) is 21.5. The van der Waals surface area contributed by atoms with Crippen molar-refractivity contribution in [2.24, 2.45) is 0 Å². The smallest absolute Gasteiger partial charge is 0.164 e. The summed E-state index contributed by atoms with van der Waals surface area (Å²) in [6.07, 6.45) is 0. The number of nitrogens with zero attached hydrogens (tertiary/aromatic N) is 4. The van der Waals surface area contributed by atoms with Crippen LogP contribution in [0.15, 0.2) is 206 Å². The molecule has 0 spiro atoms. The summed E-state index contributed by atoms with van der Waals surface area (Å²) < 4.78 is 65.7. The second-order valence-electron chi connectivity index (χ2n) is 13.1. The van der Waals surface area contributed by atoms with Crippen LogP contribution in [-0.2, 0) is 0 Å². The van der Waals surface area contributed by atoms with Crippen molar-refractivity contribution in [2.75, 3.05) is 0 Å². The van der Waals surface area contributed by atoms with Gasteiger partial charge in [0.05, 0.1) is 26.3 Å². The Kier molecular flexibility index (Phi) is 6.43. The molecular formula is C51H34N4. The molecule has 0 aliphatic rings. The van der Waals surface area contributed by atoms with Gasteiger partial charge in [-0.1, -0.05) is 176 Å². The highest BCUT2D eigenvalue weighted by atomic mass is 15.0. The first kappa shape index (κ1) is 25.5. The van der Waals surface area contributed by atoms with E-state index in [0.29, 0.717) is 50.9 Å². The summed E-state index contributed by atoms with van der Waals surface area (Å²) in [5.74, 6) is 1.41. The Labute approximate surface area is 329 Å². The quantitative estimate of drug-likeness (QED) is 0.165. The van der Waals surface area contributed by atoms with Gasteiger partial charge in [-0.05, 0) is 52.6 Å². The third-order valence-electron chi connectivity index (χ3n) is 9.75. The average molecular weight is 710 g/mol. The SMILES string of the molecule is [2H]c1c([2H])c([2H])c2c(c1[2H])c1c([2H])c([2H])c([2H])c(-c3ccccc3)c1n2-c1ccc(-c2nc(-c3ccccc3)nc(-c3ccccc3)n2)cc1-c1cccc(-c2ccccc2)c1. The van der Waals surface area contributed by atoms with Crippen LogP contribution in [0.25, 0.3) is 95.0 Å². The molecular weight excluding hydrogens is 669 g/mol. The first-order chi connectivity index (χ1) is 30.2. The number of benzene rings is 8. The molecule has 0 saturated carbocycles. The summed E-state index contributed by atoms with van der Waals surface area (Å²) in [5, 5.41) is 0.268. The molecule has 10 rings (SSSR count). The maximum absolute atomic E-state index is 9.42. The van der Waals surface area contributed by atoms with E-state index < -0.39 is 12.1 Å². The lowest BCUT2D eigenvalue weighted by Gasteiger charge is -2.18. The molecule has 0 saturated heterocycles. The van der Waals surface area contributed by atoms with Crippen molar-refractivity contribution in [2.45, 2.75) is 0 Å². The summed E-state index contributed by atoms with van der Waals surface area (Å²) in [6.45, 7) is 0. The molecule has 0 bridgehead atoms. The molecule has 10 aromatic rings. The van der Waals surface area contributed by atoms with Crippen molar-refractivity contribution in [1.29, 1.82) is 0 Å². The third-order valence-corrected chi connectivity index (χ3v) is 9.75. The van der Waals surface area contributed by atoms with Crippen LogP contribution in [0.2, 0.25) is 0 Å². The zero-order chi connectivity index (χ0) is 42.6. The van der Waals surface area contributed by atoms with Crippen molar-refractivity contribution in [1.82, 2.24) is 19.5 Å². The molecule has 0 amide bonds. The first-order valence-corrected chi connectivity index (χ1v) is 18.0. The largest absolute Gasteiger partial charge is 0.308 e. The van der Waals surface area contributed by atoms with Gasteiger partial charge in [-0.2, -0.15) is 0 Å². The van der Waals surface area contributed by atoms with E-state index in [2.05, 4.69) is 6.07 Å². The van der Waals surface area contributed by atoms with E-state index in [1.807, 2.05) is 158 Å². The standard InChI is InChI=1S/C51H34N4/c1-5-17-35(18-6-1)39-25-15-26-40(33-39)45-34-41(51-53-49(37-21-9-3-10-22-37)52-50(54-51)38-23-11-4-12-24-38)31-32-47(45)55-46-30-14-13-27-43(46)44-29-16-28-42(48(44)55)36-19-7-2-8-20-36/h1-34H/i13D,14D,16D,27D,28D,29D,30D. The Hall–Kier alpha value is -7.43. The van der Waals surface area contributed by atoms with Crippen LogP contribution in [-0.4, -0.2) is 19.5 Å². The van der Waals surface area contributed by atoms with Gasteiger partial charge < -0.3 is 4.57 Å². The van der Waals surface area contributed by atoms with Crippen LogP contribution in [0.5, 0.6) is 0 Å². The van der Waals surface area contributed by atoms with E-state index in [9.17, 15) is 5.48 Å². The topological polar surface area (TPSA) is 43.6 Å². The molecule has 2 heterocycles. The molecule has 258 valence electrons. The minimum atomic E-state index is -0.451. The fourth-order valence-corrected chi connectivity index (χ4v) is 7.16. The Morgan fingerprint density at radius 2 is 0.891 bits per heavy atom. The predicted octanol–water partition coefficient (Wildman–Crippen LogP) is 13.0. The van der Waals surface area contributed by atoms with E-state index in [-0.39, 0.29) is 46.5 Å². The highest BCUT2D eigenvalue weighted by Crippen LogP contribution is 2.42. The second kappa shape index (κ2) is 13.8. The van der Waals surface area contributed by atoms with E-state index in [1.54, 1.807) is 4.57 Å². The second-order valence-corrected chi connectivity index (χ2v) is 13.1. The fraction of sp³-hybridized carbons (Fsp3) is 0. The maximum Gasteiger partial charge on any atom is 0.164 e. The number of hydrogen-bond acceptors (Lipinski definition) is 3. The molecule has 0 radical (unpaired) electrons. The molecule has 2 aromatic heterocycles. The zero-order valence-corrected chi connectivity index (χ0v) is 29.4. The minimum absolute atomic E-state index is 0.104. The van der Waals surface area contributed by atoms with Crippen molar-refractivity contribution in [3.63, 3.8) is 0 Å². The number of para-hydroxylation sites is 2. The monoisotopic (exact) mass is 709 g/mol. The lowest BCUT2D eigenvalue weighted by molar-refractivity contribution is 1.07. The molecule has 0 N–H and O–H groups in total. The Morgan fingerprint density at radius 3 is 1.55 bits per heavy atom. The average Bonchev–Trinajstić information content (AvgIpc) is 3.68. The van der Waals surface area contributed by atoms with Gasteiger partial charge in [0.2, 0.25) is 0 Å². The zero-order valence-electron chi connectivity index (χ0n) is 36.4. The van der Waals surface area contributed by atoms with Crippen LogP contribution in [0.1, 0.15) is 9.60 Å². The number of aromatic nitrogens is 4. The molecule has 0 aliphatic heterocycles. The van der Waals surface area contributed by atoms with Crippen LogP contribution in [0.3, 0.4) is 0 Å². The molecule has 55 heavy (non-hydrogen) atoms. The highest BCUT2D eigenvalue weighted by molar-refractivity contribution is 6.14. The Morgan fingerprint density at radius 1 is 0.364 bits per heavy atom. The van der Waals surface area contributed by atoms with Gasteiger partial charge in [0.15, 0.2) is 17.5 Å². The summed E-state index contributed by atoms with van der Waals surface area (Å²) in [4.78, 5) is 14.9. The van der Waals surface area contributed by atoms with Gasteiger partial charge in [0, 0.05) is 38.6 Å². The van der Waals surface area contributed by atoms with Crippen molar-refractivity contribution < 1.29 is 9.60 Å². The number of rotatable bonds is 7. The Bertz CT molecular complexity index is 3300. The molecule has 8 aromatic carbocycles. The Balaban J connectivity index is 1.35. The molecule has 0 fully saturated rings. The molecule has 0 aliphatic carbocycles. The molecule has 4 heteroatoms. The maximum atomic E-state index is 9.42. The van der Waals surface area contributed by atoms with E-state index in [0.717, 1.165) is 27.8 Å². The summed E-state index contributed by atoms with van der Waals surface area (Å²) in [6, 6.07) is 50.1. The van der Waals surface area contributed by atoms with E-state index >= 15 is 0 Å². The van der Waals surface area contributed by atoms with Crippen LogP contribution in [0.4, 0.5) is 0 Å². The van der Waals surface area contributed by atoms with Crippen LogP contribution >= 0.6 is 0 Å². The summed E-state index contributed by atoms with van der Waals surface area (Å²) in [5.41, 5.74) is 7.63. The lowest BCUT2D eigenvalue weighted by atomic mass is 9.96. The fourth-order valence-electron chi connectivity index (χ4n) is 7.16. The van der Waals surface area contributed by atoms with Crippen molar-refractivity contribution in [3.05, 3.63) is 206 Å². The minimum Gasteiger partial charge on any atom is -0.308 e. The number of hydrogen-bond donors (Lipinski definition) is 0. The van der Waals surface area contributed by atoms with Gasteiger partial charge in [0.1, 0.15) is 0 Å². The van der Waals surface area contributed by atoms with Crippen molar-refractivity contribution >= 4 is 21.8 Å². The van der Waals surface area contributed by atoms with Gasteiger partial charge in [-0.3, -0.25) is 0 Å². The predicted molar refractivity (Wildman–Crippen MR) is 227 cm³/mol. The third kappa shape index (κ3) is 5.96. The normalized spacial score (nSPS) is 13.1. The van der Waals surface area contributed by atoms with Crippen LogP contribution < -0.4 is 0 Å². The van der Waals surface area contributed by atoms with Gasteiger partial charge in [-0.15, -0.1) is 0 Å².